The number of fused-ring (bicyclic) bond motifs is 1. The summed E-state index contributed by atoms with van der Waals surface area (Å²) in [6.45, 7) is 2.25. The summed E-state index contributed by atoms with van der Waals surface area (Å²) >= 11 is 0. The van der Waals surface area contributed by atoms with Crippen LogP contribution in [0, 0.1) is 0 Å². The highest BCUT2D eigenvalue weighted by molar-refractivity contribution is 6.07. The molecule has 2 aliphatic rings. The Morgan fingerprint density at radius 3 is 2.56 bits per heavy atom. The molecule has 0 spiro atoms. The maximum absolute atomic E-state index is 13.2. The average molecular weight is 470 g/mol. The van der Waals surface area contributed by atoms with Crippen molar-refractivity contribution in [2.75, 3.05) is 33.5 Å². The Labute approximate surface area is 196 Å². The van der Waals surface area contributed by atoms with Gasteiger partial charge >= 0.3 is 12.0 Å². The van der Waals surface area contributed by atoms with Crippen LogP contribution in [0.15, 0.2) is 42.5 Å². The largest absolute Gasteiger partial charge is 0.491 e. The van der Waals surface area contributed by atoms with E-state index in [1.807, 2.05) is 0 Å². The van der Waals surface area contributed by atoms with E-state index < -0.39 is 29.6 Å². The highest BCUT2D eigenvalue weighted by atomic mass is 16.5. The fourth-order valence-electron chi connectivity index (χ4n) is 3.79. The maximum atomic E-state index is 13.2. The third kappa shape index (κ3) is 4.62. The molecule has 2 aromatic carbocycles. The lowest BCUT2D eigenvalue weighted by atomic mass is 9.91. The summed E-state index contributed by atoms with van der Waals surface area (Å²) < 4.78 is 21.5. The molecular weight excluding hydrogens is 444 g/mol. The molecule has 10 heteroatoms. The first-order valence-electron chi connectivity index (χ1n) is 10.9. The Kier molecular flexibility index (Phi) is 6.60. The Morgan fingerprint density at radius 2 is 1.85 bits per heavy atom. The molecular formula is C24H26N2O8. The zero-order chi connectivity index (χ0) is 24.3. The smallest absolute Gasteiger partial charge is 0.337 e. The molecule has 2 N–H and O–H groups in total. The van der Waals surface area contributed by atoms with Gasteiger partial charge in [0.1, 0.15) is 24.0 Å². The van der Waals surface area contributed by atoms with E-state index in [9.17, 15) is 19.5 Å². The second-order valence-electron chi connectivity index (χ2n) is 8.16. The fraction of sp³-hybridized carbons (Fsp3) is 0.375. The highest BCUT2D eigenvalue weighted by Gasteiger charge is 2.49. The van der Waals surface area contributed by atoms with Crippen LogP contribution in [0.5, 0.6) is 17.2 Å². The number of β-amino-alcohol motifs (C(OH)–C–C–N with tert-alkyl or cyclic N) is 1. The number of urea groups is 1. The van der Waals surface area contributed by atoms with Gasteiger partial charge in [-0.2, -0.15) is 0 Å². The van der Waals surface area contributed by atoms with E-state index in [2.05, 4.69) is 10.1 Å². The Balaban J connectivity index is 1.39. The molecule has 2 aliphatic heterocycles. The summed E-state index contributed by atoms with van der Waals surface area (Å²) in [5.41, 5.74) is -0.399. The number of amides is 3. The molecule has 34 heavy (non-hydrogen) atoms. The number of esters is 1. The van der Waals surface area contributed by atoms with Crippen LogP contribution in [0.1, 0.15) is 29.3 Å². The Bertz CT molecular complexity index is 1090. The first-order chi connectivity index (χ1) is 16.3. The predicted molar refractivity (Wildman–Crippen MR) is 119 cm³/mol. The van der Waals surface area contributed by atoms with Gasteiger partial charge in [0.05, 0.1) is 32.4 Å². The summed E-state index contributed by atoms with van der Waals surface area (Å²) in [6.07, 6.45) is -0.374. The summed E-state index contributed by atoms with van der Waals surface area (Å²) in [7, 11) is 1.29. The Morgan fingerprint density at radius 1 is 1.15 bits per heavy atom. The third-order valence-corrected chi connectivity index (χ3v) is 5.71. The number of aliphatic hydroxyl groups excluding tert-OH is 1. The van der Waals surface area contributed by atoms with E-state index in [1.165, 1.54) is 19.2 Å². The lowest BCUT2D eigenvalue weighted by Gasteiger charge is -2.24. The summed E-state index contributed by atoms with van der Waals surface area (Å²) in [5.74, 6) is 0.560. The van der Waals surface area contributed by atoms with Crippen molar-refractivity contribution in [2.24, 2.45) is 0 Å². The van der Waals surface area contributed by atoms with E-state index in [0.717, 1.165) is 11.3 Å². The number of imide groups is 1. The SMILES string of the molecule is COC(=O)c1ccc(OCC(O)CN2C(=O)NC(C)(c3ccc4c(c3)OCCCO4)C2=O)cc1. The van der Waals surface area contributed by atoms with Crippen LogP contribution in [0.25, 0.3) is 0 Å². The van der Waals surface area contributed by atoms with Crippen molar-refractivity contribution in [1.29, 1.82) is 0 Å². The van der Waals surface area contributed by atoms with Crippen LogP contribution in [0.4, 0.5) is 4.79 Å². The molecule has 0 radical (unpaired) electrons. The van der Waals surface area contributed by atoms with Crippen molar-refractivity contribution < 1.29 is 38.4 Å². The predicted octanol–water partition coefficient (Wildman–Crippen LogP) is 1.84. The van der Waals surface area contributed by atoms with Gasteiger partial charge in [0.2, 0.25) is 0 Å². The third-order valence-electron chi connectivity index (χ3n) is 5.71. The van der Waals surface area contributed by atoms with E-state index in [1.54, 1.807) is 37.3 Å². The zero-order valence-electron chi connectivity index (χ0n) is 18.9. The van der Waals surface area contributed by atoms with Crippen molar-refractivity contribution in [3.63, 3.8) is 0 Å². The van der Waals surface area contributed by atoms with E-state index >= 15 is 0 Å². The molecule has 0 aliphatic carbocycles. The van der Waals surface area contributed by atoms with Crippen LogP contribution in [-0.2, 0) is 15.1 Å². The average Bonchev–Trinajstić information content (AvgIpc) is 3.00. The van der Waals surface area contributed by atoms with Crippen LogP contribution >= 0.6 is 0 Å². The van der Waals surface area contributed by atoms with Crippen molar-refractivity contribution in [3.8, 4) is 17.2 Å². The molecule has 0 aromatic heterocycles. The summed E-state index contributed by atoms with van der Waals surface area (Å²) in [4.78, 5) is 38.3. The standard InChI is InChI=1S/C24H26N2O8/c1-24(16-6-9-19-20(12-16)33-11-3-10-32-19)22(29)26(23(30)25-24)13-17(27)14-34-18-7-4-15(5-8-18)21(28)31-2/h4-9,12,17,27H,3,10-11,13-14H2,1-2H3,(H,25,30). The fourth-order valence-corrected chi connectivity index (χ4v) is 3.79. The highest BCUT2D eigenvalue weighted by Crippen LogP contribution is 2.36. The number of hydrogen-bond acceptors (Lipinski definition) is 8. The molecule has 1 fully saturated rings. The number of rotatable bonds is 7. The first-order valence-corrected chi connectivity index (χ1v) is 10.9. The Hall–Kier alpha value is -3.79. The number of nitrogens with one attached hydrogen (secondary N) is 1. The number of hydrogen-bond donors (Lipinski definition) is 2. The number of aliphatic hydroxyl groups is 1. The molecule has 180 valence electrons. The second-order valence-corrected chi connectivity index (χ2v) is 8.16. The van der Waals surface area contributed by atoms with Gasteiger partial charge in [0.15, 0.2) is 11.5 Å². The van der Waals surface area contributed by atoms with Crippen LogP contribution in [0.2, 0.25) is 0 Å². The molecule has 3 amide bonds. The minimum absolute atomic E-state index is 0.157. The van der Waals surface area contributed by atoms with Crippen LogP contribution < -0.4 is 19.5 Å². The van der Waals surface area contributed by atoms with Gasteiger partial charge in [-0.3, -0.25) is 9.69 Å². The number of ether oxygens (including phenoxy) is 4. The van der Waals surface area contributed by atoms with Gasteiger partial charge in [-0.1, -0.05) is 6.07 Å². The molecule has 0 saturated carbocycles. The van der Waals surface area contributed by atoms with E-state index in [4.69, 9.17) is 14.2 Å². The van der Waals surface area contributed by atoms with Gasteiger partial charge in [-0.15, -0.1) is 0 Å². The molecule has 2 aromatic rings. The minimum Gasteiger partial charge on any atom is -0.491 e. The van der Waals surface area contributed by atoms with Crippen molar-refractivity contribution in [3.05, 3.63) is 53.6 Å². The topological polar surface area (TPSA) is 124 Å². The van der Waals surface area contributed by atoms with Gasteiger partial charge in [0.25, 0.3) is 5.91 Å². The maximum Gasteiger partial charge on any atom is 0.337 e. The zero-order valence-corrected chi connectivity index (χ0v) is 18.9. The number of carbonyl (C=O) groups is 3. The number of carbonyl (C=O) groups excluding carboxylic acids is 3. The first kappa shape index (κ1) is 23.4. The molecule has 0 bridgehead atoms. The van der Waals surface area contributed by atoms with Gasteiger partial charge in [-0.05, 0) is 48.9 Å². The summed E-state index contributed by atoms with van der Waals surface area (Å²) in [5, 5.41) is 13.1. The lowest BCUT2D eigenvalue weighted by molar-refractivity contribution is -0.132. The molecule has 2 atom stereocenters. The van der Waals surface area contributed by atoms with E-state index in [-0.39, 0.29) is 13.2 Å². The number of methoxy groups -OCH3 is 1. The minimum atomic E-state index is -1.31. The number of nitrogens with zero attached hydrogens (tertiary/aromatic N) is 1. The molecule has 2 heterocycles. The van der Waals surface area contributed by atoms with E-state index in [0.29, 0.717) is 41.6 Å². The lowest BCUT2D eigenvalue weighted by Crippen LogP contribution is -2.42. The van der Waals surface area contributed by atoms with Gasteiger partial charge in [-0.25, -0.2) is 9.59 Å². The normalized spacial score (nSPS) is 20.4. The van der Waals surface area contributed by atoms with Crippen molar-refractivity contribution >= 4 is 17.9 Å². The monoisotopic (exact) mass is 470 g/mol. The molecule has 10 nitrogen and oxygen atoms in total. The summed E-state index contributed by atoms with van der Waals surface area (Å²) in [6, 6.07) is 10.7. The molecule has 2 unspecified atom stereocenters. The van der Waals surface area contributed by atoms with Crippen LogP contribution in [-0.4, -0.2) is 67.5 Å². The quantitative estimate of drug-likeness (QED) is 0.464. The molecule has 1 saturated heterocycles. The van der Waals surface area contributed by atoms with Crippen molar-refractivity contribution in [2.45, 2.75) is 25.0 Å². The van der Waals surface area contributed by atoms with Gasteiger partial charge in [0, 0.05) is 6.42 Å². The second kappa shape index (κ2) is 9.60. The van der Waals surface area contributed by atoms with Crippen LogP contribution in [0.3, 0.4) is 0 Å². The van der Waals surface area contributed by atoms with Crippen molar-refractivity contribution in [1.82, 2.24) is 10.2 Å². The molecule has 4 rings (SSSR count). The number of benzene rings is 2. The van der Waals surface area contributed by atoms with Gasteiger partial charge < -0.3 is 29.4 Å².